The summed E-state index contributed by atoms with van der Waals surface area (Å²) in [6, 6.07) is 0. The average molecular weight is 469 g/mol. The molecule has 0 unspecified atom stereocenters. The Labute approximate surface area is 179 Å². The Kier molecular flexibility index (Phi) is 73.7. The van der Waals surface area contributed by atoms with Crippen LogP contribution in [0.3, 0.4) is 0 Å². The van der Waals surface area contributed by atoms with Gasteiger partial charge in [-0.15, -0.1) is 0 Å². The Balaban J connectivity index is -0.0000000408. The predicted octanol–water partition coefficient (Wildman–Crippen LogP) is 3.17. The van der Waals surface area contributed by atoms with E-state index < -0.39 is 0 Å². The maximum atomic E-state index is 3.78. The Morgan fingerprint density at radius 3 is 1.50 bits per heavy atom. The van der Waals surface area contributed by atoms with E-state index >= 15 is 0 Å². The van der Waals surface area contributed by atoms with Crippen LogP contribution in [-0.2, 0) is 131 Å². The molecule has 0 aromatic heterocycles. The Bertz CT molecular complexity index is 36.0. The van der Waals surface area contributed by atoms with E-state index in [1.54, 1.807) is 0 Å². The molecule has 0 aliphatic carbocycles. The van der Waals surface area contributed by atoms with Crippen molar-refractivity contribution in [3.05, 3.63) is 6.92 Å². The van der Waals surface area contributed by atoms with Gasteiger partial charge in [-0.1, -0.05) is 39.0 Å². The first-order valence-corrected chi connectivity index (χ1v) is 3.71. The van der Waals surface area contributed by atoms with Gasteiger partial charge in [-0.25, -0.2) is 0 Å². The Morgan fingerprint density at radius 1 is 0.750 bits per heavy atom. The minimum Gasteiger partial charge on any atom is -0.343 e. The normalized spacial score (nSPS) is 6.50. The first-order chi connectivity index (χ1) is 3.91. The molecular formula is C8H17Y4-. The molecule has 0 bridgehead atoms. The molecule has 0 nitrogen and oxygen atoms in total. The smallest absolute Gasteiger partial charge is 0 e. The van der Waals surface area contributed by atoms with E-state index in [9.17, 15) is 0 Å². The van der Waals surface area contributed by atoms with Crippen LogP contribution in [0.5, 0.6) is 0 Å². The maximum Gasteiger partial charge on any atom is 0 e. The van der Waals surface area contributed by atoms with Crippen LogP contribution in [0.15, 0.2) is 0 Å². The largest absolute Gasteiger partial charge is 0.343 e. The van der Waals surface area contributed by atoms with Gasteiger partial charge in [0.25, 0.3) is 0 Å². The first-order valence-electron chi connectivity index (χ1n) is 3.71. The molecule has 0 rings (SSSR count). The van der Waals surface area contributed by atoms with Crippen LogP contribution in [0.1, 0.15) is 45.4 Å². The predicted molar refractivity (Wildman–Crippen MR) is 38.7 cm³/mol. The van der Waals surface area contributed by atoms with Crippen LogP contribution < -0.4 is 0 Å². The molecule has 4 radical (unpaired) electrons. The summed E-state index contributed by atoms with van der Waals surface area (Å²) in [5.41, 5.74) is 0. The molecule has 0 saturated heterocycles. The summed E-state index contributed by atoms with van der Waals surface area (Å²) in [6.07, 6.45) is 7.98. The molecule has 0 aliphatic heterocycles. The van der Waals surface area contributed by atoms with Crippen LogP contribution in [-0.4, -0.2) is 0 Å². The molecule has 62 valence electrons. The van der Waals surface area contributed by atoms with Crippen LogP contribution in [0.25, 0.3) is 0 Å². The van der Waals surface area contributed by atoms with Gasteiger partial charge < -0.3 is 6.92 Å². The molecule has 0 spiro atoms. The number of hydrogen-bond acceptors (Lipinski definition) is 0. The van der Waals surface area contributed by atoms with Gasteiger partial charge >= 0.3 is 0 Å². The third kappa shape index (κ3) is 29.3. The fourth-order valence-electron chi connectivity index (χ4n) is 0.780. The third-order valence-electron chi connectivity index (χ3n) is 1.35. The summed E-state index contributed by atoms with van der Waals surface area (Å²) in [5.74, 6) is 0. The molecule has 0 fully saturated rings. The van der Waals surface area contributed by atoms with Crippen molar-refractivity contribution in [2.45, 2.75) is 45.4 Å². The molecule has 0 aromatic carbocycles. The van der Waals surface area contributed by atoms with E-state index in [-0.39, 0.29) is 131 Å². The molecule has 12 heavy (non-hydrogen) atoms. The van der Waals surface area contributed by atoms with E-state index in [0.29, 0.717) is 0 Å². The summed E-state index contributed by atoms with van der Waals surface area (Å²) >= 11 is 0. The molecule has 0 atom stereocenters. The van der Waals surface area contributed by atoms with Crippen molar-refractivity contribution >= 4 is 0 Å². The SMILES string of the molecule is [CH2-]CCCCCCC.[Y].[Y].[Y].[Y]. The number of hydrogen-bond donors (Lipinski definition) is 0. The quantitative estimate of drug-likeness (QED) is 0.429. The van der Waals surface area contributed by atoms with E-state index in [1.807, 2.05) is 0 Å². The molecule has 0 N–H and O–H groups in total. The molecule has 0 aromatic rings. The first kappa shape index (κ1) is 29.9. The average Bonchev–Trinajstić information content (AvgIpc) is 1.81. The van der Waals surface area contributed by atoms with Gasteiger partial charge in [0.15, 0.2) is 0 Å². The van der Waals surface area contributed by atoms with Gasteiger partial charge in [0.05, 0.1) is 0 Å². The summed E-state index contributed by atoms with van der Waals surface area (Å²) in [5, 5.41) is 0. The van der Waals surface area contributed by atoms with Crippen molar-refractivity contribution in [2.24, 2.45) is 0 Å². The summed E-state index contributed by atoms with van der Waals surface area (Å²) in [7, 11) is 0. The van der Waals surface area contributed by atoms with Crippen LogP contribution >= 0.6 is 0 Å². The zero-order valence-electron chi connectivity index (χ0n) is 8.26. The molecule has 0 amide bonds. The van der Waals surface area contributed by atoms with Gasteiger partial charge in [0.1, 0.15) is 0 Å². The summed E-state index contributed by atoms with van der Waals surface area (Å²) in [4.78, 5) is 0. The van der Waals surface area contributed by atoms with Crippen molar-refractivity contribution in [1.82, 2.24) is 0 Å². The summed E-state index contributed by atoms with van der Waals surface area (Å²) in [6.45, 7) is 6.02. The van der Waals surface area contributed by atoms with Gasteiger partial charge in [-0.3, -0.25) is 0 Å². The van der Waals surface area contributed by atoms with Crippen molar-refractivity contribution < 1.29 is 131 Å². The van der Waals surface area contributed by atoms with Crippen LogP contribution in [0.4, 0.5) is 0 Å². The van der Waals surface area contributed by atoms with Gasteiger partial charge in [0, 0.05) is 131 Å². The van der Waals surface area contributed by atoms with E-state index in [4.69, 9.17) is 0 Å². The Morgan fingerprint density at radius 2 is 1.17 bits per heavy atom. The zero-order valence-corrected chi connectivity index (χ0v) is 19.6. The van der Waals surface area contributed by atoms with Gasteiger partial charge in [-0.2, -0.15) is 6.42 Å². The molecule has 0 saturated carbocycles. The number of unbranched alkanes of at least 4 members (excludes halogenated alkanes) is 5. The fraction of sp³-hybridized carbons (Fsp3) is 0.875. The molecule has 0 aliphatic rings. The van der Waals surface area contributed by atoms with E-state index in [1.165, 1.54) is 32.1 Å². The van der Waals surface area contributed by atoms with Gasteiger partial charge in [0.2, 0.25) is 0 Å². The monoisotopic (exact) mass is 469 g/mol. The van der Waals surface area contributed by atoms with Crippen molar-refractivity contribution in [3.8, 4) is 0 Å². The maximum absolute atomic E-state index is 3.78. The minimum atomic E-state index is 0. The van der Waals surface area contributed by atoms with Crippen LogP contribution in [0.2, 0.25) is 0 Å². The van der Waals surface area contributed by atoms with E-state index in [0.717, 1.165) is 6.42 Å². The van der Waals surface area contributed by atoms with Crippen molar-refractivity contribution in [1.29, 1.82) is 0 Å². The Hall–Kier alpha value is 4.42. The van der Waals surface area contributed by atoms with Crippen molar-refractivity contribution in [2.75, 3.05) is 0 Å². The second-order valence-electron chi connectivity index (χ2n) is 2.27. The molecule has 0 heterocycles. The van der Waals surface area contributed by atoms with Crippen molar-refractivity contribution in [3.63, 3.8) is 0 Å². The fourth-order valence-corrected chi connectivity index (χ4v) is 0.780. The standard InChI is InChI=1S/C8H17.4Y/c1-3-5-7-8-6-4-2;;;;/h1,3-8H2,2H3;;;;/q-1;;;;. The third-order valence-corrected chi connectivity index (χ3v) is 1.35. The minimum absolute atomic E-state index is 0. The number of rotatable bonds is 5. The summed E-state index contributed by atoms with van der Waals surface area (Å²) < 4.78 is 0. The van der Waals surface area contributed by atoms with Gasteiger partial charge in [-0.05, 0) is 0 Å². The van der Waals surface area contributed by atoms with Crippen LogP contribution in [0, 0.1) is 6.92 Å². The second kappa shape index (κ2) is 29.5. The zero-order chi connectivity index (χ0) is 6.24. The topological polar surface area (TPSA) is 0 Å². The molecular weight excluding hydrogens is 452 g/mol. The molecule has 4 heteroatoms. The van der Waals surface area contributed by atoms with E-state index in [2.05, 4.69) is 13.8 Å². The second-order valence-corrected chi connectivity index (χ2v) is 2.27.